The van der Waals surface area contributed by atoms with Gasteiger partial charge in [0, 0.05) is 19.7 Å². The largest absolute Gasteiger partial charge is 0.377 e. The molecule has 0 saturated heterocycles. The van der Waals surface area contributed by atoms with E-state index in [4.69, 9.17) is 4.74 Å². The Morgan fingerprint density at radius 2 is 1.94 bits per heavy atom. The summed E-state index contributed by atoms with van der Waals surface area (Å²) >= 11 is 0. The second kappa shape index (κ2) is 4.89. The van der Waals surface area contributed by atoms with E-state index < -0.39 is 0 Å². The van der Waals surface area contributed by atoms with Crippen molar-refractivity contribution in [3.8, 4) is 0 Å². The van der Waals surface area contributed by atoms with E-state index in [2.05, 4.69) is 26.1 Å². The minimum atomic E-state index is 0.173. The Labute approximate surface area is 107 Å². The van der Waals surface area contributed by atoms with Crippen molar-refractivity contribution in [1.29, 1.82) is 0 Å². The molecule has 2 saturated carbocycles. The van der Waals surface area contributed by atoms with Crippen LogP contribution in [0.25, 0.3) is 0 Å². The van der Waals surface area contributed by atoms with Gasteiger partial charge in [-0.2, -0.15) is 0 Å². The summed E-state index contributed by atoms with van der Waals surface area (Å²) in [5, 5.41) is 3.78. The third-order valence-corrected chi connectivity index (χ3v) is 5.08. The van der Waals surface area contributed by atoms with Gasteiger partial charge in [0.15, 0.2) is 0 Å². The van der Waals surface area contributed by atoms with Crippen molar-refractivity contribution in [2.24, 2.45) is 11.3 Å². The molecule has 0 amide bonds. The Morgan fingerprint density at radius 1 is 1.24 bits per heavy atom. The molecule has 0 heterocycles. The smallest absolute Gasteiger partial charge is 0.0802 e. The Balaban J connectivity index is 1.80. The van der Waals surface area contributed by atoms with Gasteiger partial charge in [0.1, 0.15) is 0 Å². The molecular weight excluding hydrogens is 210 g/mol. The average Bonchev–Trinajstić information content (AvgIpc) is 2.18. The summed E-state index contributed by atoms with van der Waals surface area (Å²) in [6.07, 6.45) is 7.85. The van der Waals surface area contributed by atoms with Gasteiger partial charge in [-0.1, -0.05) is 20.8 Å². The molecule has 2 aliphatic rings. The monoisotopic (exact) mass is 239 g/mol. The summed E-state index contributed by atoms with van der Waals surface area (Å²) < 4.78 is 5.68. The highest BCUT2D eigenvalue weighted by molar-refractivity contribution is 4.94. The van der Waals surface area contributed by atoms with Crippen molar-refractivity contribution in [3.63, 3.8) is 0 Å². The Kier molecular flexibility index (Phi) is 3.84. The molecule has 2 aliphatic carbocycles. The van der Waals surface area contributed by atoms with Crippen LogP contribution in [0.15, 0.2) is 0 Å². The Morgan fingerprint density at radius 3 is 2.41 bits per heavy atom. The standard InChI is InChI=1S/C15H29NO/c1-12-10-14(2,3)9-6-13(12)16-11-15(17-4)7-5-8-15/h12-13,16H,5-11H2,1-4H3. The lowest BCUT2D eigenvalue weighted by atomic mass is 9.70. The first-order valence-electron chi connectivity index (χ1n) is 7.25. The van der Waals surface area contributed by atoms with E-state index in [9.17, 15) is 0 Å². The summed E-state index contributed by atoms with van der Waals surface area (Å²) in [7, 11) is 1.87. The molecular formula is C15H29NO. The fraction of sp³-hybridized carbons (Fsp3) is 1.00. The molecule has 0 aromatic rings. The fourth-order valence-corrected chi connectivity index (χ4v) is 3.59. The first-order valence-corrected chi connectivity index (χ1v) is 7.25. The molecule has 2 rings (SSSR count). The van der Waals surface area contributed by atoms with Gasteiger partial charge in [0.05, 0.1) is 5.60 Å². The van der Waals surface area contributed by atoms with Crippen molar-refractivity contribution in [1.82, 2.24) is 5.32 Å². The predicted octanol–water partition coefficient (Wildman–Crippen LogP) is 3.36. The lowest BCUT2D eigenvalue weighted by Gasteiger charge is -2.44. The number of nitrogens with one attached hydrogen (secondary N) is 1. The molecule has 0 aromatic carbocycles. The van der Waals surface area contributed by atoms with E-state index in [1.165, 1.54) is 38.5 Å². The number of hydrogen-bond donors (Lipinski definition) is 1. The van der Waals surface area contributed by atoms with E-state index in [1.807, 2.05) is 7.11 Å². The maximum Gasteiger partial charge on any atom is 0.0802 e. The van der Waals surface area contributed by atoms with Crippen LogP contribution in [0.4, 0.5) is 0 Å². The van der Waals surface area contributed by atoms with Crippen LogP contribution in [0.2, 0.25) is 0 Å². The fourth-order valence-electron chi connectivity index (χ4n) is 3.59. The minimum absolute atomic E-state index is 0.173. The van der Waals surface area contributed by atoms with Gasteiger partial charge in [-0.3, -0.25) is 0 Å². The number of ether oxygens (including phenoxy) is 1. The maximum absolute atomic E-state index is 5.68. The van der Waals surface area contributed by atoms with E-state index >= 15 is 0 Å². The topological polar surface area (TPSA) is 21.3 Å². The van der Waals surface area contributed by atoms with Crippen LogP contribution >= 0.6 is 0 Å². The molecule has 2 heteroatoms. The minimum Gasteiger partial charge on any atom is -0.377 e. The van der Waals surface area contributed by atoms with Crippen molar-refractivity contribution in [3.05, 3.63) is 0 Å². The zero-order valence-corrected chi connectivity index (χ0v) is 12.0. The second-order valence-electron chi connectivity index (χ2n) is 7.11. The maximum atomic E-state index is 5.68. The Hall–Kier alpha value is -0.0800. The third kappa shape index (κ3) is 3.03. The van der Waals surface area contributed by atoms with Gasteiger partial charge in [0.2, 0.25) is 0 Å². The summed E-state index contributed by atoms with van der Waals surface area (Å²) in [6.45, 7) is 8.27. The van der Waals surface area contributed by atoms with E-state index in [-0.39, 0.29) is 5.60 Å². The van der Waals surface area contributed by atoms with Crippen molar-refractivity contribution < 1.29 is 4.74 Å². The molecule has 0 radical (unpaired) electrons. The van der Waals surface area contributed by atoms with Gasteiger partial charge in [-0.15, -0.1) is 0 Å². The Bertz CT molecular complexity index is 252. The van der Waals surface area contributed by atoms with Gasteiger partial charge >= 0.3 is 0 Å². The van der Waals surface area contributed by atoms with Crippen LogP contribution in [0.1, 0.15) is 59.3 Å². The van der Waals surface area contributed by atoms with Crippen molar-refractivity contribution >= 4 is 0 Å². The highest BCUT2D eigenvalue weighted by Gasteiger charge is 2.39. The third-order valence-electron chi connectivity index (χ3n) is 5.08. The SMILES string of the molecule is COC1(CNC2CCC(C)(C)CC2C)CCC1. The summed E-state index contributed by atoms with van der Waals surface area (Å²) in [5.74, 6) is 0.799. The molecule has 17 heavy (non-hydrogen) atoms. The molecule has 2 nitrogen and oxygen atoms in total. The van der Waals surface area contributed by atoms with Crippen LogP contribution < -0.4 is 5.32 Å². The van der Waals surface area contributed by atoms with E-state index in [0.717, 1.165) is 12.5 Å². The predicted molar refractivity (Wildman–Crippen MR) is 72.2 cm³/mol. The summed E-state index contributed by atoms with van der Waals surface area (Å²) in [4.78, 5) is 0. The molecule has 2 atom stereocenters. The number of rotatable bonds is 4. The molecule has 2 unspecified atom stereocenters. The highest BCUT2D eigenvalue weighted by atomic mass is 16.5. The normalized spacial score (nSPS) is 35.3. The molecule has 0 spiro atoms. The highest BCUT2D eigenvalue weighted by Crippen LogP contribution is 2.39. The van der Waals surface area contributed by atoms with Crippen molar-refractivity contribution in [2.45, 2.75) is 70.9 Å². The zero-order chi connectivity index (χ0) is 12.5. The second-order valence-corrected chi connectivity index (χ2v) is 7.11. The van der Waals surface area contributed by atoms with E-state index in [0.29, 0.717) is 11.5 Å². The first-order chi connectivity index (χ1) is 7.96. The first kappa shape index (κ1) is 13.4. The van der Waals surface area contributed by atoms with Crippen LogP contribution in [0.5, 0.6) is 0 Å². The molecule has 0 aromatic heterocycles. The molecule has 1 N–H and O–H groups in total. The van der Waals surface area contributed by atoms with Gasteiger partial charge in [0.25, 0.3) is 0 Å². The average molecular weight is 239 g/mol. The molecule has 0 bridgehead atoms. The van der Waals surface area contributed by atoms with Gasteiger partial charge in [-0.05, 0) is 49.9 Å². The van der Waals surface area contributed by atoms with Crippen LogP contribution in [-0.2, 0) is 4.74 Å². The number of methoxy groups -OCH3 is 1. The zero-order valence-electron chi connectivity index (χ0n) is 12.0. The van der Waals surface area contributed by atoms with Crippen LogP contribution in [-0.4, -0.2) is 25.3 Å². The number of hydrogen-bond acceptors (Lipinski definition) is 2. The molecule has 0 aliphatic heterocycles. The van der Waals surface area contributed by atoms with Gasteiger partial charge < -0.3 is 10.1 Å². The molecule has 100 valence electrons. The van der Waals surface area contributed by atoms with Crippen LogP contribution in [0.3, 0.4) is 0 Å². The lowest BCUT2D eigenvalue weighted by molar-refractivity contribution is -0.0729. The van der Waals surface area contributed by atoms with E-state index in [1.54, 1.807) is 0 Å². The molecule has 2 fully saturated rings. The summed E-state index contributed by atoms with van der Waals surface area (Å²) in [5.41, 5.74) is 0.722. The summed E-state index contributed by atoms with van der Waals surface area (Å²) in [6, 6.07) is 0.704. The quantitative estimate of drug-likeness (QED) is 0.812. The van der Waals surface area contributed by atoms with Crippen LogP contribution in [0, 0.1) is 11.3 Å². The van der Waals surface area contributed by atoms with Gasteiger partial charge in [-0.25, -0.2) is 0 Å². The lowest BCUT2D eigenvalue weighted by Crippen LogP contribution is -2.52. The van der Waals surface area contributed by atoms with Crippen molar-refractivity contribution in [2.75, 3.05) is 13.7 Å².